The van der Waals surface area contributed by atoms with E-state index < -0.39 is 0 Å². The molecule has 0 saturated carbocycles. The van der Waals surface area contributed by atoms with Crippen LogP contribution in [0.4, 0.5) is 0 Å². The van der Waals surface area contributed by atoms with E-state index in [1.54, 1.807) is 0 Å². The average Bonchev–Trinajstić information content (AvgIpc) is 2.57. The summed E-state index contributed by atoms with van der Waals surface area (Å²) in [7, 11) is 0. The van der Waals surface area contributed by atoms with Gasteiger partial charge in [0, 0.05) is 0 Å². The first-order valence-corrected chi connectivity index (χ1v) is 10.4. The van der Waals surface area contributed by atoms with Gasteiger partial charge in [-0.3, -0.25) is 0 Å². The summed E-state index contributed by atoms with van der Waals surface area (Å²) < 4.78 is 6.73. The quantitative estimate of drug-likeness (QED) is 0.534. The molecule has 1 aliphatic heterocycles. The Morgan fingerprint density at radius 1 is 0.880 bits per heavy atom. The third kappa shape index (κ3) is 4.07. The Bertz CT molecular complexity index is 613. The Labute approximate surface area is 156 Å². The van der Waals surface area contributed by atoms with Gasteiger partial charge in [-0.1, -0.05) is 40.5 Å². The van der Waals surface area contributed by atoms with Gasteiger partial charge in [0.15, 0.2) is 0 Å². The van der Waals surface area contributed by atoms with Crippen molar-refractivity contribution in [2.45, 2.75) is 100 Å². The fraction of sp³-hybridized carbons (Fsp3) is 0.750. The number of benzene rings is 1. The normalized spacial score (nSPS) is 22.5. The van der Waals surface area contributed by atoms with Gasteiger partial charge in [-0.25, -0.2) is 0 Å². The molecule has 1 aromatic carbocycles. The minimum atomic E-state index is -0.0209. The first kappa shape index (κ1) is 20.3. The van der Waals surface area contributed by atoms with E-state index in [-0.39, 0.29) is 5.60 Å². The molecule has 0 N–H and O–H groups in total. The molecule has 1 aromatic rings. The first-order valence-electron chi connectivity index (χ1n) is 10.4. The zero-order valence-electron chi connectivity index (χ0n) is 18.2. The van der Waals surface area contributed by atoms with Gasteiger partial charge in [-0.05, 0) is 99.5 Å². The highest BCUT2D eigenvalue weighted by molar-refractivity contribution is 5.55. The molecule has 2 rings (SSSR count). The summed E-state index contributed by atoms with van der Waals surface area (Å²) in [6.45, 7) is 20.8. The van der Waals surface area contributed by atoms with Crippen LogP contribution in [0.3, 0.4) is 0 Å². The predicted octanol–water partition coefficient (Wildman–Crippen LogP) is 7.10. The summed E-state index contributed by atoms with van der Waals surface area (Å²) in [6, 6.07) is 0. The molecule has 1 aliphatic rings. The van der Waals surface area contributed by atoms with Crippen molar-refractivity contribution < 1.29 is 4.74 Å². The molecule has 0 fully saturated rings. The third-order valence-electron chi connectivity index (χ3n) is 7.44. The molecule has 1 heteroatoms. The lowest BCUT2D eigenvalue weighted by atomic mass is 9.77. The van der Waals surface area contributed by atoms with E-state index in [9.17, 15) is 0 Å². The van der Waals surface area contributed by atoms with E-state index in [0.717, 1.165) is 24.7 Å². The molecule has 0 amide bonds. The van der Waals surface area contributed by atoms with Crippen LogP contribution >= 0.6 is 0 Å². The predicted molar refractivity (Wildman–Crippen MR) is 110 cm³/mol. The van der Waals surface area contributed by atoms with Crippen LogP contribution in [0.5, 0.6) is 5.75 Å². The van der Waals surface area contributed by atoms with Gasteiger partial charge in [-0.15, -0.1) is 0 Å². The van der Waals surface area contributed by atoms with E-state index >= 15 is 0 Å². The summed E-state index contributed by atoms with van der Waals surface area (Å²) in [5.41, 5.74) is 7.08. The molecule has 0 saturated heterocycles. The van der Waals surface area contributed by atoms with Crippen LogP contribution in [0, 0.1) is 45.4 Å². The van der Waals surface area contributed by atoms with Gasteiger partial charge in [0.2, 0.25) is 0 Å². The lowest BCUT2D eigenvalue weighted by molar-refractivity contribution is 0.00732. The fourth-order valence-corrected chi connectivity index (χ4v) is 4.18. The van der Waals surface area contributed by atoms with Gasteiger partial charge in [0.05, 0.1) is 0 Å². The molecule has 1 nitrogen and oxygen atoms in total. The Morgan fingerprint density at radius 3 is 2.08 bits per heavy atom. The molecule has 3 unspecified atom stereocenters. The number of rotatable bonds is 6. The lowest BCUT2D eigenvalue weighted by Crippen LogP contribution is -2.43. The van der Waals surface area contributed by atoms with Gasteiger partial charge in [-0.2, -0.15) is 0 Å². The molecule has 0 aromatic heterocycles. The van der Waals surface area contributed by atoms with Gasteiger partial charge in [0.25, 0.3) is 0 Å². The van der Waals surface area contributed by atoms with Gasteiger partial charge in [0.1, 0.15) is 11.4 Å². The maximum atomic E-state index is 6.73. The summed E-state index contributed by atoms with van der Waals surface area (Å²) in [5.74, 6) is 3.40. The second-order valence-corrected chi connectivity index (χ2v) is 9.28. The van der Waals surface area contributed by atoms with Crippen LogP contribution in [0.25, 0.3) is 0 Å². The number of ether oxygens (including phenoxy) is 1. The molecule has 0 aliphatic carbocycles. The van der Waals surface area contributed by atoms with Crippen molar-refractivity contribution in [1.82, 2.24) is 0 Å². The summed E-state index contributed by atoms with van der Waals surface area (Å²) in [6.07, 6.45) is 6.23. The van der Waals surface area contributed by atoms with Crippen molar-refractivity contribution in [2.75, 3.05) is 0 Å². The van der Waals surface area contributed by atoms with Gasteiger partial charge < -0.3 is 4.74 Å². The van der Waals surface area contributed by atoms with Crippen LogP contribution in [0.15, 0.2) is 0 Å². The van der Waals surface area contributed by atoms with Crippen molar-refractivity contribution >= 4 is 0 Å². The number of hydrogen-bond acceptors (Lipinski definition) is 1. The monoisotopic (exact) mass is 344 g/mol. The Hall–Kier alpha value is -0.980. The van der Waals surface area contributed by atoms with Crippen LogP contribution in [-0.2, 0) is 6.42 Å². The molecule has 0 bridgehead atoms. The minimum absolute atomic E-state index is 0.0209. The smallest absolute Gasteiger partial charge is 0.126 e. The Kier molecular flexibility index (Phi) is 6.28. The lowest BCUT2D eigenvalue weighted by Gasteiger charge is -2.42. The molecular formula is C24H40O. The van der Waals surface area contributed by atoms with Crippen LogP contribution in [-0.4, -0.2) is 5.60 Å². The van der Waals surface area contributed by atoms with Crippen molar-refractivity contribution in [3.63, 3.8) is 0 Å². The van der Waals surface area contributed by atoms with Crippen LogP contribution in [0.1, 0.15) is 88.1 Å². The topological polar surface area (TPSA) is 9.23 Å². The van der Waals surface area contributed by atoms with E-state index in [4.69, 9.17) is 4.74 Å². The zero-order chi connectivity index (χ0) is 18.9. The highest BCUT2D eigenvalue weighted by Crippen LogP contribution is 2.44. The van der Waals surface area contributed by atoms with E-state index in [2.05, 4.69) is 62.3 Å². The summed E-state index contributed by atoms with van der Waals surface area (Å²) in [4.78, 5) is 0. The highest BCUT2D eigenvalue weighted by atomic mass is 16.5. The second-order valence-electron chi connectivity index (χ2n) is 9.28. The van der Waals surface area contributed by atoms with Crippen molar-refractivity contribution in [2.24, 2.45) is 17.8 Å². The fourth-order valence-electron chi connectivity index (χ4n) is 4.18. The SMILES string of the molecule is Cc1c(C)c(C)c2c(c1C)CCC(C)(C(C)CCCC(C)C(C)C)O2. The average molecular weight is 345 g/mol. The molecule has 142 valence electrons. The zero-order valence-corrected chi connectivity index (χ0v) is 18.2. The summed E-state index contributed by atoms with van der Waals surface area (Å²) in [5, 5.41) is 0. The largest absolute Gasteiger partial charge is 0.487 e. The molecule has 25 heavy (non-hydrogen) atoms. The molecule has 0 spiro atoms. The Balaban J connectivity index is 2.12. The maximum Gasteiger partial charge on any atom is 0.126 e. The third-order valence-corrected chi connectivity index (χ3v) is 7.44. The standard InChI is InChI=1S/C24H40O/c1-15(2)16(3)11-10-12-17(4)24(9)14-13-22-20(7)18(5)19(6)21(8)23(22)25-24/h15-17H,10-14H2,1-9H3. The van der Waals surface area contributed by atoms with E-state index in [0.29, 0.717) is 5.92 Å². The second kappa shape index (κ2) is 7.72. The van der Waals surface area contributed by atoms with E-state index in [1.165, 1.54) is 52.8 Å². The molecule has 0 radical (unpaired) electrons. The number of hydrogen-bond donors (Lipinski definition) is 0. The van der Waals surface area contributed by atoms with E-state index in [1.807, 2.05) is 0 Å². The molecular weight excluding hydrogens is 304 g/mol. The molecule has 3 atom stereocenters. The Morgan fingerprint density at radius 2 is 1.48 bits per heavy atom. The number of fused-ring (bicyclic) bond motifs is 1. The molecule has 1 heterocycles. The van der Waals surface area contributed by atoms with Crippen LogP contribution < -0.4 is 4.74 Å². The van der Waals surface area contributed by atoms with Crippen LogP contribution in [0.2, 0.25) is 0 Å². The first-order chi connectivity index (χ1) is 11.6. The van der Waals surface area contributed by atoms with Gasteiger partial charge >= 0.3 is 0 Å². The minimum Gasteiger partial charge on any atom is -0.487 e. The maximum absolute atomic E-state index is 6.73. The highest BCUT2D eigenvalue weighted by Gasteiger charge is 2.38. The summed E-state index contributed by atoms with van der Waals surface area (Å²) >= 11 is 0. The van der Waals surface area contributed by atoms with Crippen molar-refractivity contribution in [3.05, 3.63) is 27.8 Å². The van der Waals surface area contributed by atoms with Crippen molar-refractivity contribution in [3.8, 4) is 5.75 Å². The van der Waals surface area contributed by atoms with Crippen molar-refractivity contribution in [1.29, 1.82) is 0 Å².